The van der Waals surface area contributed by atoms with E-state index in [1.807, 2.05) is 0 Å². The summed E-state index contributed by atoms with van der Waals surface area (Å²) in [5.41, 5.74) is 0. The predicted molar refractivity (Wildman–Crippen MR) is 143 cm³/mol. The lowest BCUT2D eigenvalue weighted by atomic mass is 9.58. The van der Waals surface area contributed by atoms with Crippen molar-refractivity contribution in [3.8, 4) is 0 Å². The summed E-state index contributed by atoms with van der Waals surface area (Å²) in [5.74, 6) is 11.1. The molecule has 33 heavy (non-hydrogen) atoms. The molecule has 5 rings (SSSR count). The SMILES string of the molecule is CCCCC1CCC2CC(C3CCC(C4CCC5CC(CCC)CCC5C4)CC3)CCC2C1. The summed E-state index contributed by atoms with van der Waals surface area (Å²) < 4.78 is 0. The van der Waals surface area contributed by atoms with Crippen molar-refractivity contribution in [1.82, 2.24) is 0 Å². The van der Waals surface area contributed by atoms with Crippen molar-refractivity contribution < 1.29 is 0 Å². The minimum atomic E-state index is 1.09. The Balaban J connectivity index is 1.04. The maximum atomic E-state index is 2.39. The first-order valence-electron chi connectivity index (χ1n) is 16.2. The van der Waals surface area contributed by atoms with Crippen molar-refractivity contribution in [2.75, 3.05) is 0 Å². The molecular formula is C33H58. The van der Waals surface area contributed by atoms with E-state index in [1.54, 1.807) is 103 Å². The van der Waals surface area contributed by atoms with Gasteiger partial charge in [-0.05, 0) is 149 Å². The van der Waals surface area contributed by atoms with Crippen LogP contribution in [-0.4, -0.2) is 0 Å². The highest BCUT2D eigenvalue weighted by molar-refractivity contribution is 4.92. The fourth-order valence-electron chi connectivity index (χ4n) is 10.4. The Kier molecular flexibility index (Phi) is 8.84. The van der Waals surface area contributed by atoms with Gasteiger partial charge in [0.15, 0.2) is 0 Å². The lowest BCUT2D eigenvalue weighted by Gasteiger charge is -2.47. The third kappa shape index (κ3) is 6.05. The van der Waals surface area contributed by atoms with E-state index >= 15 is 0 Å². The fourth-order valence-corrected chi connectivity index (χ4v) is 10.4. The first kappa shape index (κ1) is 24.7. The van der Waals surface area contributed by atoms with Gasteiger partial charge in [-0.15, -0.1) is 0 Å². The molecule has 0 aliphatic heterocycles. The normalized spacial score (nSPS) is 46.4. The van der Waals surface area contributed by atoms with E-state index in [2.05, 4.69) is 13.8 Å². The third-order valence-corrected chi connectivity index (χ3v) is 12.3. The standard InChI is InChI=1S/C33H58/c1-3-5-7-25-9-11-33-23-31(19-17-29(33)21-25)27-14-12-26(13-15-27)30-18-16-28-20-24(6-4-2)8-10-32(28)22-30/h24-33H,3-23H2,1-2H3. The molecule has 5 aliphatic rings. The summed E-state index contributed by atoms with van der Waals surface area (Å²) in [4.78, 5) is 0. The Morgan fingerprint density at radius 1 is 0.364 bits per heavy atom. The Morgan fingerprint density at radius 3 is 1.18 bits per heavy atom. The molecule has 0 heterocycles. The largest absolute Gasteiger partial charge is 0.0654 e. The molecule has 0 saturated heterocycles. The van der Waals surface area contributed by atoms with Gasteiger partial charge in [0.1, 0.15) is 0 Å². The molecule has 0 aromatic rings. The molecule has 5 fully saturated rings. The summed E-state index contributed by atoms with van der Waals surface area (Å²) >= 11 is 0. The van der Waals surface area contributed by atoms with Crippen LogP contribution in [0.15, 0.2) is 0 Å². The maximum absolute atomic E-state index is 2.39. The third-order valence-electron chi connectivity index (χ3n) is 12.3. The fraction of sp³-hybridized carbons (Fsp3) is 1.00. The average molecular weight is 455 g/mol. The van der Waals surface area contributed by atoms with E-state index in [1.165, 1.54) is 32.1 Å². The highest BCUT2D eigenvalue weighted by atomic mass is 14.5. The zero-order valence-corrected chi connectivity index (χ0v) is 22.6. The van der Waals surface area contributed by atoms with Gasteiger partial charge in [-0.2, -0.15) is 0 Å². The molecule has 0 N–H and O–H groups in total. The van der Waals surface area contributed by atoms with Crippen molar-refractivity contribution >= 4 is 0 Å². The summed E-state index contributed by atoms with van der Waals surface area (Å²) in [6.07, 6.45) is 32.9. The number of unbranched alkanes of at least 4 members (excludes halogenated alkanes) is 1. The molecule has 0 bridgehead atoms. The molecule has 0 spiro atoms. The highest BCUT2D eigenvalue weighted by Crippen LogP contribution is 2.53. The van der Waals surface area contributed by atoms with Gasteiger partial charge < -0.3 is 0 Å². The summed E-state index contributed by atoms with van der Waals surface area (Å²) in [6, 6.07) is 0. The summed E-state index contributed by atoms with van der Waals surface area (Å²) in [7, 11) is 0. The number of fused-ring (bicyclic) bond motifs is 2. The molecule has 0 aromatic carbocycles. The molecule has 0 heteroatoms. The number of rotatable bonds is 7. The molecule has 5 aliphatic carbocycles. The van der Waals surface area contributed by atoms with Gasteiger partial charge >= 0.3 is 0 Å². The van der Waals surface area contributed by atoms with Crippen molar-refractivity contribution in [3.63, 3.8) is 0 Å². The van der Waals surface area contributed by atoms with Gasteiger partial charge in [-0.25, -0.2) is 0 Å². The molecule has 8 unspecified atom stereocenters. The van der Waals surface area contributed by atoms with Crippen LogP contribution in [0.1, 0.15) is 149 Å². The van der Waals surface area contributed by atoms with Gasteiger partial charge in [0, 0.05) is 0 Å². The van der Waals surface area contributed by atoms with Crippen LogP contribution in [0.2, 0.25) is 0 Å². The minimum Gasteiger partial charge on any atom is -0.0654 e. The van der Waals surface area contributed by atoms with E-state index in [-0.39, 0.29) is 0 Å². The number of hydrogen-bond acceptors (Lipinski definition) is 0. The van der Waals surface area contributed by atoms with Crippen LogP contribution in [0.25, 0.3) is 0 Å². The molecule has 0 aromatic heterocycles. The van der Waals surface area contributed by atoms with E-state index in [0.29, 0.717) is 0 Å². The molecule has 0 amide bonds. The molecule has 0 radical (unpaired) electrons. The Morgan fingerprint density at radius 2 is 0.727 bits per heavy atom. The zero-order valence-electron chi connectivity index (χ0n) is 22.6. The molecule has 0 nitrogen and oxygen atoms in total. The molecule has 8 atom stereocenters. The van der Waals surface area contributed by atoms with Gasteiger partial charge in [0.2, 0.25) is 0 Å². The molecule has 190 valence electrons. The second-order valence-corrected chi connectivity index (χ2v) is 14.2. The van der Waals surface area contributed by atoms with Crippen LogP contribution >= 0.6 is 0 Å². The lowest BCUT2D eigenvalue weighted by molar-refractivity contribution is 0.0347. The first-order chi connectivity index (χ1) is 16.2. The van der Waals surface area contributed by atoms with Crippen molar-refractivity contribution in [3.05, 3.63) is 0 Å². The van der Waals surface area contributed by atoms with Gasteiger partial charge in [0.25, 0.3) is 0 Å². The number of hydrogen-bond donors (Lipinski definition) is 0. The minimum absolute atomic E-state index is 1.09. The van der Waals surface area contributed by atoms with Gasteiger partial charge in [-0.3, -0.25) is 0 Å². The zero-order chi connectivity index (χ0) is 22.6. The van der Waals surface area contributed by atoms with E-state index < -0.39 is 0 Å². The van der Waals surface area contributed by atoms with Crippen LogP contribution in [0.4, 0.5) is 0 Å². The Bertz CT molecular complexity index is 571. The summed E-state index contributed by atoms with van der Waals surface area (Å²) in [5, 5.41) is 0. The van der Waals surface area contributed by atoms with Crippen molar-refractivity contribution in [2.45, 2.75) is 149 Å². The average Bonchev–Trinajstić information content (AvgIpc) is 2.87. The molecule has 5 saturated carbocycles. The van der Waals surface area contributed by atoms with E-state index in [0.717, 1.165) is 59.2 Å². The van der Waals surface area contributed by atoms with Gasteiger partial charge in [-0.1, -0.05) is 58.8 Å². The lowest BCUT2D eigenvalue weighted by Crippen LogP contribution is -2.37. The van der Waals surface area contributed by atoms with Crippen LogP contribution < -0.4 is 0 Å². The highest BCUT2D eigenvalue weighted by Gasteiger charge is 2.41. The van der Waals surface area contributed by atoms with Crippen molar-refractivity contribution in [2.24, 2.45) is 59.2 Å². The Hall–Kier alpha value is 0. The second-order valence-electron chi connectivity index (χ2n) is 14.2. The second kappa shape index (κ2) is 11.8. The van der Waals surface area contributed by atoms with Crippen LogP contribution in [0.5, 0.6) is 0 Å². The van der Waals surface area contributed by atoms with Gasteiger partial charge in [0.05, 0.1) is 0 Å². The first-order valence-corrected chi connectivity index (χ1v) is 16.2. The smallest absolute Gasteiger partial charge is 0.0383 e. The Labute approximate surface area is 207 Å². The predicted octanol–water partition coefficient (Wildman–Crippen LogP) is 10.4. The van der Waals surface area contributed by atoms with Crippen molar-refractivity contribution in [1.29, 1.82) is 0 Å². The van der Waals surface area contributed by atoms with Crippen LogP contribution in [0, 0.1) is 59.2 Å². The molecular weight excluding hydrogens is 396 g/mol. The van der Waals surface area contributed by atoms with Crippen LogP contribution in [-0.2, 0) is 0 Å². The monoisotopic (exact) mass is 454 g/mol. The van der Waals surface area contributed by atoms with E-state index in [9.17, 15) is 0 Å². The summed E-state index contributed by atoms with van der Waals surface area (Å²) in [6.45, 7) is 4.76. The maximum Gasteiger partial charge on any atom is -0.0383 e. The topological polar surface area (TPSA) is 0 Å². The van der Waals surface area contributed by atoms with Crippen LogP contribution in [0.3, 0.4) is 0 Å². The van der Waals surface area contributed by atoms with E-state index in [4.69, 9.17) is 0 Å². The quantitative estimate of drug-likeness (QED) is 0.359.